The number of benzene rings is 2. The van der Waals surface area contributed by atoms with E-state index < -0.39 is 0 Å². The molecule has 5 nitrogen and oxygen atoms in total. The summed E-state index contributed by atoms with van der Waals surface area (Å²) in [6.45, 7) is 2.05. The molecule has 0 N–H and O–H groups in total. The fourth-order valence-corrected chi connectivity index (χ4v) is 2.83. The van der Waals surface area contributed by atoms with Crippen molar-refractivity contribution in [2.24, 2.45) is 0 Å². The fraction of sp³-hybridized carbons (Fsp3) is 0.421. The molecule has 0 radical (unpaired) electrons. The topological polar surface area (TPSA) is 54.0 Å². The first-order valence-corrected chi connectivity index (χ1v) is 7.95. The largest absolute Gasteiger partial charge is 0.496 e. The number of ether oxygens (including phenoxy) is 4. The lowest BCUT2D eigenvalue weighted by molar-refractivity contribution is 0.0976. The number of unbranched alkanes of at least 4 members (excludes halogenated alkanes) is 1. The van der Waals surface area contributed by atoms with Crippen LogP contribution in [0.1, 0.15) is 36.5 Å². The Morgan fingerprint density at radius 2 is 1.46 bits per heavy atom. The van der Waals surface area contributed by atoms with Gasteiger partial charge in [0.2, 0.25) is 0 Å². The smallest absolute Gasteiger partial charge is 0.166 e. The zero-order valence-corrected chi connectivity index (χ0v) is 14.9. The van der Waals surface area contributed by atoms with Gasteiger partial charge in [-0.3, -0.25) is 4.79 Å². The van der Waals surface area contributed by atoms with E-state index in [0.29, 0.717) is 40.4 Å². The molecule has 0 saturated carbocycles. The molecule has 0 fully saturated rings. The number of carbonyl (C=O) groups excluding carboxylic acids is 1. The molecule has 0 unspecified atom stereocenters. The minimum atomic E-state index is 0.0266. The van der Waals surface area contributed by atoms with Gasteiger partial charge in [0, 0.05) is 6.42 Å². The van der Waals surface area contributed by atoms with E-state index in [2.05, 4.69) is 6.92 Å². The van der Waals surface area contributed by atoms with Crippen molar-refractivity contribution in [3.05, 3.63) is 23.8 Å². The first-order valence-electron chi connectivity index (χ1n) is 7.95. The van der Waals surface area contributed by atoms with Crippen LogP contribution in [0.3, 0.4) is 0 Å². The summed E-state index contributed by atoms with van der Waals surface area (Å²) in [6, 6.07) is 5.33. The summed E-state index contributed by atoms with van der Waals surface area (Å²) < 4.78 is 22.1. The molecular formula is C19H24O5. The quantitative estimate of drug-likeness (QED) is 0.677. The van der Waals surface area contributed by atoms with Gasteiger partial charge in [-0.05, 0) is 24.6 Å². The second-order valence-corrected chi connectivity index (χ2v) is 5.41. The third-order valence-electron chi connectivity index (χ3n) is 4.04. The van der Waals surface area contributed by atoms with E-state index in [9.17, 15) is 4.79 Å². The maximum Gasteiger partial charge on any atom is 0.166 e. The Hall–Kier alpha value is -2.43. The van der Waals surface area contributed by atoms with Crippen molar-refractivity contribution in [1.82, 2.24) is 0 Å². The summed E-state index contributed by atoms with van der Waals surface area (Å²) in [5, 5.41) is 1.40. The summed E-state index contributed by atoms with van der Waals surface area (Å²) in [5.74, 6) is 2.31. The van der Waals surface area contributed by atoms with Crippen LogP contribution in [0.5, 0.6) is 23.0 Å². The third kappa shape index (κ3) is 3.11. The zero-order valence-electron chi connectivity index (χ0n) is 14.9. The number of hydrogen-bond acceptors (Lipinski definition) is 5. The minimum Gasteiger partial charge on any atom is -0.496 e. The number of carbonyl (C=O) groups is 1. The highest BCUT2D eigenvalue weighted by Crippen LogP contribution is 2.46. The number of hydrogen-bond donors (Lipinski definition) is 0. The van der Waals surface area contributed by atoms with Gasteiger partial charge in [-0.15, -0.1) is 0 Å². The van der Waals surface area contributed by atoms with E-state index in [1.165, 1.54) is 0 Å². The molecule has 0 saturated heterocycles. The number of ketones is 1. The molecule has 2 aromatic carbocycles. The van der Waals surface area contributed by atoms with Crippen LogP contribution >= 0.6 is 0 Å². The van der Waals surface area contributed by atoms with Crippen molar-refractivity contribution in [1.29, 1.82) is 0 Å². The summed E-state index contributed by atoms with van der Waals surface area (Å²) >= 11 is 0. The Bertz CT molecular complexity index is 736. The predicted octanol–water partition coefficient (Wildman–Crippen LogP) is 4.25. The third-order valence-corrected chi connectivity index (χ3v) is 4.04. The van der Waals surface area contributed by atoms with Crippen LogP contribution in [0, 0.1) is 0 Å². The van der Waals surface area contributed by atoms with Crippen molar-refractivity contribution in [3.63, 3.8) is 0 Å². The zero-order chi connectivity index (χ0) is 17.7. The van der Waals surface area contributed by atoms with Gasteiger partial charge in [0.15, 0.2) is 5.78 Å². The Balaban J connectivity index is 2.84. The van der Waals surface area contributed by atoms with Crippen molar-refractivity contribution < 1.29 is 23.7 Å². The van der Waals surface area contributed by atoms with E-state index >= 15 is 0 Å². The number of fused-ring (bicyclic) bond motifs is 1. The average molecular weight is 332 g/mol. The molecule has 0 atom stereocenters. The number of Topliss-reactive ketones (excluding diaryl/α,β-unsaturated/α-hetero) is 1. The van der Waals surface area contributed by atoms with Gasteiger partial charge in [0.25, 0.3) is 0 Å². The van der Waals surface area contributed by atoms with Crippen LogP contribution < -0.4 is 18.9 Å². The van der Waals surface area contributed by atoms with Crippen LogP contribution in [0.2, 0.25) is 0 Å². The molecular weight excluding hydrogens is 308 g/mol. The van der Waals surface area contributed by atoms with E-state index in [1.807, 2.05) is 6.07 Å². The molecule has 0 heterocycles. The molecule has 0 bridgehead atoms. The first-order chi connectivity index (χ1) is 11.6. The second-order valence-electron chi connectivity index (χ2n) is 5.41. The average Bonchev–Trinajstić information content (AvgIpc) is 2.63. The van der Waals surface area contributed by atoms with Gasteiger partial charge >= 0.3 is 0 Å². The molecule has 0 spiro atoms. The van der Waals surface area contributed by atoms with Gasteiger partial charge < -0.3 is 18.9 Å². The van der Waals surface area contributed by atoms with E-state index in [0.717, 1.165) is 18.2 Å². The van der Waals surface area contributed by atoms with E-state index in [4.69, 9.17) is 18.9 Å². The standard InChI is InChI=1S/C19H24O5/c1-6-7-8-13(20)12-11-16(23-4)17-14(21-2)9-10-15(22-3)18(17)19(12)24-5/h9-11H,6-8H2,1-5H3. The van der Waals surface area contributed by atoms with Gasteiger partial charge in [-0.1, -0.05) is 13.3 Å². The molecule has 2 aromatic rings. The molecule has 0 aliphatic heterocycles. The lowest BCUT2D eigenvalue weighted by Gasteiger charge is -2.18. The summed E-state index contributed by atoms with van der Waals surface area (Å²) in [7, 11) is 6.30. The second kappa shape index (κ2) is 7.90. The Labute approximate surface area is 142 Å². The van der Waals surface area contributed by atoms with E-state index in [1.54, 1.807) is 40.6 Å². The van der Waals surface area contributed by atoms with Gasteiger partial charge in [0.05, 0.1) is 44.8 Å². The van der Waals surface area contributed by atoms with Crippen LogP contribution in [-0.2, 0) is 0 Å². The van der Waals surface area contributed by atoms with E-state index in [-0.39, 0.29) is 5.78 Å². The van der Waals surface area contributed by atoms with Crippen LogP contribution in [0.4, 0.5) is 0 Å². The highest BCUT2D eigenvalue weighted by atomic mass is 16.5. The number of rotatable bonds is 8. The van der Waals surface area contributed by atoms with Crippen LogP contribution in [-0.4, -0.2) is 34.2 Å². The van der Waals surface area contributed by atoms with Crippen LogP contribution in [0.25, 0.3) is 10.8 Å². The number of methoxy groups -OCH3 is 4. The highest BCUT2D eigenvalue weighted by Gasteiger charge is 2.23. The normalized spacial score (nSPS) is 10.5. The predicted molar refractivity (Wildman–Crippen MR) is 94.0 cm³/mol. The van der Waals surface area contributed by atoms with Gasteiger partial charge in [-0.25, -0.2) is 0 Å². The summed E-state index contributed by atoms with van der Waals surface area (Å²) in [4.78, 5) is 12.6. The van der Waals surface area contributed by atoms with Crippen LogP contribution in [0.15, 0.2) is 18.2 Å². The molecule has 0 amide bonds. The maximum atomic E-state index is 12.6. The van der Waals surface area contributed by atoms with Crippen molar-refractivity contribution in [2.45, 2.75) is 26.2 Å². The SMILES string of the molecule is CCCCC(=O)c1cc(OC)c2c(OC)ccc(OC)c2c1OC. The van der Waals surface area contributed by atoms with Gasteiger partial charge in [0.1, 0.15) is 23.0 Å². The molecule has 0 aliphatic carbocycles. The van der Waals surface area contributed by atoms with Crippen molar-refractivity contribution in [2.75, 3.05) is 28.4 Å². The maximum absolute atomic E-state index is 12.6. The lowest BCUT2D eigenvalue weighted by atomic mass is 9.97. The molecule has 0 aromatic heterocycles. The van der Waals surface area contributed by atoms with Crippen molar-refractivity contribution in [3.8, 4) is 23.0 Å². The first kappa shape index (κ1) is 17.9. The summed E-state index contributed by atoms with van der Waals surface area (Å²) in [5.41, 5.74) is 0.502. The van der Waals surface area contributed by atoms with Crippen molar-refractivity contribution >= 4 is 16.6 Å². The molecule has 2 rings (SSSR count). The summed E-state index contributed by atoms with van der Waals surface area (Å²) in [6.07, 6.45) is 2.25. The fourth-order valence-electron chi connectivity index (χ4n) is 2.83. The molecule has 130 valence electrons. The van der Waals surface area contributed by atoms with Gasteiger partial charge in [-0.2, -0.15) is 0 Å². The monoisotopic (exact) mass is 332 g/mol. The molecule has 0 aliphatic rings. The minimum absolute atomic E-state index is 0.0266. The highest BCUT2D eigenvalue weighted by molar-refractivity contribution is 6.10. The molecule has 5 heteroatoms. The Morgan fingerprint density at radius 1 is 0.875 bits per heavy atom. The Morgan fingerprint density at radius 3 is 1.96 bits per heavy atom. The molecule has 24 heavy (non-hydrogen) atoms. The lowest BCUT2D eigenvalue weighted by Crippen LogP contribution is -2.05. The Kier molecular flexibility index (Phi) is 5.90.